The van der Waals surface area contributed by atoms with Crippen LogP contribution in [0.5, 0.6) is 0 Å². The fourth-order valence-corrected chi connectivity index (χ4v) is 3.42. The molecule has 3 nitrogen and oxygen atoms in total. The van der Waals surface area contributed by atoms with Gasteiger partial charge < -0.3 is 9.73 Å². The van der Waals surface area contributed by atoms with E-state index in [2.05, 4.69) is 30.3 Å². The molecule has 3 atom stereocenters. The number of nitrogens with one attached hydrogen (secondary N) is 1. The van der Waals surface area contributed by atoms with Gasteiger partial charge in [0.05, 0.1) is 12.5 Å². The Hall–Kier alpha value is -0.800. The van der Waals surface area contributed by atoms with Gasteiger partial charge in [-0.1, -0.05) is 0 Å². The van der Waals surface area contributed by atoms with E-state index in [1.165, 1.54) is 31.2 Å². The molecule has 0 aliphatic carbocycles. The fraction of sp³-hybridized carbons (Fsp3) is 0.714. The first-order chi connectivity index (χ1) is 8.24. The van der Waals surface area contributed by atoms with Crippen molar-refractivity contribution < 1.29 is 4.42 Å². The van der Waals surface area contributed by atoms with E-state index in [-0.39, 0.29) is 0 Å². The smallest absolute Gasteiger partial charge is 0.0950 e. The second-order valence-corrected chi connectivity index (χ2v) is 5.66. The summed E-state index contributed by atoms with van der Waals surface area (Å²) < 4.78 is 5.19. The molecule has 3 rings (SSSR count). The molecule has 0 saturated carbocycles. The molecule has 3 heteroatoms. The van der Waals surface area contributed by atoms with E-state index in [1.807, 2.05) is 6.26 Å². The summed E-state index contributed by atoms with van der Waals surface area (Å²) in [6, 6.07) is 4.78. The lowest BCUT2D eigenvalue weighted by molar-refractivity contribution is 0.132. The zero-order chi connectivity index (χ0) is 11.8. The first-order valence-electron chi connectivity index (χ1n) is 6.74. The number of furan rings is 1. The van der Waals surface area contributed by atoms with Crippen LogP contribution in [0.15, 0.2) is 23.0 Å². The number of rotatable bonds is 3. The molecule has 1 aromatic rings. The topological polar surface area (TPSA) is 28.4 Å². The average Bonchev–Trinajstić information content (AvgIpc) is 2.97. The third kappa shape index (κ3) is 2.14. The zero-order valence-corrected chi connectivity index (χ0v) is 10.7. The molecular formula is C14H22N2O. The Labute approximate surface area is 103 Å². The van der Waals surface area contributed by atoms with E-state index in [9.17, 15) is 0 Å². The van der Waals surface area contributed by atoms with E-state index in [1.54, 1.807) is 6.26 Å². The van der Waals surface area contributed by atoms with Crippen molar-refractivity contribution in [2.45, 2.75) is 56.8 Å². The molecule has 0 amide bonds. The van der Waals surface area contributed by atoms with Crippen LogP contribution in [0.4, 0.5) is 0 Å². The minimum absolute atomic E-state index is 0.455. The molecule has 0 aromatic carbocycles. The van der Waals surface area contributed by atoms with Crippen LogP contribution < -0.4 is 5.32 Å². The Bertz CT molecular complexity index is 350. The van der Waals surface area contributed by atoms with Gasteiger partial charge >= 0.3 is 0 Å². The van der Waals surface area contributed by atoms with Crippen molar-refractivity contribution >= 4 is 0 Å². The van der Waals surface area contributed by atoms with Gasteiger partial charge in [0, 0.05) is 29.7 Å². The Morgan fingerprint density at radius 3 is 2.65 bits per heavy atom. The molecular weight excluding hydrogens is 212 g/mol. The van der Waals surface area contributed by atoms with Crippen LogP contribution in [-0.4, -0.2) is 30.1 Å². The van der Waals surface area contributed by atoms with Crippen molar-refractivity contribution in [2.24, 2.45) is 0 Å². The highest BCUT2D eigenvalue weighted by Crippen LogP contribution is 2.32. The Morgan fingerprint density at radius 2 is 2.06 bits per heavy atom. The lowest BCUT2D eigenvalue weighted by atomic mass is 9.96. The van der Waals surface area contributed by atoms with E-state index in [4.69, 9.17) is 4.42 Å². The number of fused-ring (bicyclic) bond motifs is 2. The maximum Gasteiger partial charge on any atom is 0.0950 e. The van der Waals surface area contributed by atoms with Gasteiger partial charge in [0.15, 0.2) is 0 Å². The van der Waals surface area contributed by atoms with Crippen LogP contribution in [0, 0.1) is 0 Å². The van der Waals surface area contributed by atoms with Gasteiger partial charge in [-0.3, -0.25) is 4.90 Å². The number of hydrogen-bond donors (Lipinski definition) is 1. The molecule has 1 N–H and O–H groups in total. The largest absolute Gasteiger partial charge is 0.472 e. The van der Waals surface area contributed by atoms with Gasteiger partial charge in [-0.2, -0.15) is 0 Å². The molecule has 3 unspecified atom stereocenters. The zero-order valence-electron chi connectivity index (χ0n) is 10.7. The summed E-state index contributed by atoms with van der Waals surface area (Å²) in [4.78, 5) is 2.52. The van der Waals surface area contributed by atoms with Crippen LogP contribution in [0.1, 0.15) is 44.2 Å². The minimum Gasteiger partial charge on any atom is -0.472 e. The van der Waals surface area contributed by atoms with Crippen LogP contribution in [0.25, 0.3) is 0 Å². The summed E-state index contributed by atoms with van der Waals surface area (Å²) in [7, 11) is 2.26. The van der Waals surface area contributed by atoms with Crippen LogP contribution in [0.3, 0.4) is 0 Å². The van der Waals surface area contributed by atoms with Gasteiger partial charge in [-0.25, -0.2) is 0 Å². The quantitative estimate of drug-likeness (QED) is 0.871. The van der Waals surface area contributed by atoms with Crippen LogP contribution >= 0.6 is 0 Å². The van der Waals surface area contributed by atoms with Crippen LogP contribution in [0.2, 0.25) is 0 Å². The van der Waals surface area contributed by atoms with Crippen molar-refractivity contribution in [3.63, 3.8) is 0 Å². The first-order valence-corrected chi connectivity index (χ1v) is 6.74. The second kappa shape index (κ2) is 4.46. The summed E-state index contributed by atoms with van der Waals surface area (Å²) in [6.45, 7) is 2.27. The Balaban J connectivity index is 1.68. The fourth-order valence-electron chi connectivity index (χ4n) is 3.42. The average molecular weight is 234 g/mol. The highest BCUT2D eigenvalue weighted by atomic mass is 16.3. The first kappa shape index (κ1) is 11.3. The molecule has 2 aliphatic heterocycles. The van der Waals surface area contributed by atoms with Gasteiger partial charge in [0.2, 0.25) is 0 Å². The third-order valence-corrected chi connectivity index (χ3v) is 4.66. The molecule has 2 saturated heterocycles. The van der Waals surface area contributed by atoms with Crippen molar-refractivity contribution in [2.75, 3.05) is 7.05 Å². The monoisotopic (exact) mass is 234 g/mol. The van der Waals surface area contributed by atoms with E-state index >= 15 is 0 Å². The van der Waals surface area contributed by atoms with Crippen molar-refractivity contribution in [1.82, 2.24) is 10.2 Å². The molecule has 94 valence electrons. The maximum absolute atomic E-state index is 5.19. The highest BCUT2D eigenvalue weighted by molar-refractivity contribution is 5.11. The molecule has 2 bridgehead atoms. The van der Waals surface area contributed by atoms with Gasteiger partial charge in [-0.05, 0) is 45.7 Å². The maximum atomic E-state index is 5.19. The summed E-state index contributed by atoms with van der Waals surface area (Å²) in [5.41, 5.74) is 1.29. The van der Waals surface area contributed by atoms with Gasteiger partial charge in [0.25, 0.3) is 0 Å². The van der Waals surface area contributed by atoms with Crippen molar-refractivity contribution in [3.05, 3.63) is 24.2 Å². The Morgan fingerprint density at radius 1 is 1.35 bits per heavy atom. The molecule has 2 aliphatic rings. The summed E-state index contributed by atoms with van der Waals surface area (Å²) in [5.74, 6) is 0. The van der Waals surface area contributed by atoms with E-state index in [0.29, 0.717) is 6.04 Å². The standard InChI is InChI=1S/C14H22N2O/c1-10(11-5-6-17-9-11)16(2)14-7-12-3-4-13(8-14)15-12/h5-6,9-10,12-15H,3-4,7-8H2,1-2H3. The third-order valence-electron chi connectivity index (χ3n) is 4.66. The SMILES string of the molecule is CC(c1ccoc1)N(C)C1CC2CCC(C1)N2. The second-order valence-electron chi connectivity index (χ2n) is 5.66. The summed E-state index contributed by atoms with van der Waals surface area (Å²) in [6.07, 6.45) is 8.98. The van der Waals surface area contributed by atoms with E-state index < -0.39 is 0 Å². The normalized spacial score (nSPS) is 34.2. The number of piperidine rings is 1. The van der Waals surface area contributed by atoms with Crippen molar-refractivity contribution in [1.29, 1.82) is 0 Å². The van der Waals surface area contributed by atoms with E-state index in [0.717, 1.165) is 18.1 Å². The number of hydrogen-bond acceptors (Lipinski definition) is 3. The summed E-state index contributed by atoms with van der Waals surface area (Å²) in [5, 5.41) is 3.70. The Kier molecular flexibility index (Phi) is 2.97. The molecule has 0 spiro atoms. The predicted molar refractivity (Wildman–Crippen MR) is 67.9 cm³/mol. The highest BCUT2D eigenvalue weighted by Gasteiger charge is 2.36. The number of nitrogens with zero attached hydrogens (tertiary/aromatic N) is 1. The lowest BCUT2D eigenvalue weighted by Crippen LogP contribution is -2.47. The summed E-state index contributed by atoms with van der Waals surface area (Å²) >= 11 is 0. The molecule has 17 heavy (non-hydrogen) atoms. The van der Waals surface area contributed by atoms with Crippen LogP contribution in [-0.2, 0) is 0 Å². The predicted octanol–water partition coefficient (Wildman–Crippen LogP) is 2.56. The lowest BCUT2D eigenvalue weighted by Gasteiger charge is -2.38. The van der Waals surface area contributed by atoms with Crippen molar-refractivity contribution in [3.8, 4) is 0 Å². The van der Waals surface area contributed by atoms with Gasteiger partial charge in [0.1, 0.15) is 0 Å². The minimum atomic E-state index is 0.455. The molecule has 0 radical (unpaired) electrons. The molecule has 2 fully saturated rings. The molecule has 1 aromatic heterocycles. The van der Waals surface area contributed by atoms with Gasteiger partial charge in [-0.15, -0.1) is 0 Å². The molecule has 3 heterocycles.